The summed E-state index contributed by atoms with van der Waals surface area (Å²) in [7, 11) is 0. The minimum atomic E-state index is -1.17. The first kappa shape index (κ1) is 12.5. The van der Waals surface area contributed by atoms with Gasteiger partial charge in [-0.25, -0.2) is 14.2 Å². The highest BCUT2D eigenvalue weighted by atomic mass is 19.2. The van der Waals surface area contributed by atoms with E-state index in [1.807, 2.05) is 0 Å². The summed E-state index contributed by atoms with van der Waals surface area (Å²) < 4.78 is 26.0. The highest BCUT2D eigenvalue weighted by Gasteiger charge is 2.26. The van der Waals surface area contributed by atoms with Gasteiger partial charge in [0.15, 0.2) is 5.82 Å². The molecule has 1 aromatic heterocycles. The maximum absolute atomic E-state index is 13.1. The predicted octanol–water partition coefficient (Wildman–Crippen LogP) is 1.80. The van der Waals surface area contributed by atoms with Gasteiger partial charge in [-0.3, -0.25) is 0 Å². The van der Waals surface area contributed by atoms with Crippen LogP contribution in [0.5, 0.6) is 0 Å². The van der Waals surface area contributed by atoms with Gasteiger partial charge in [0.25, 0.3) is 0 Å². The lowest BCUT2D eigenvalue weighted by Crippen LogP contribution is -2.37. The Balaban J connectivity index is 2.15. The molecule has 2 rings (SSSR count). The molecule has 0 unspecified atom stereocenters. The summed E-state index contributed by atoms with van der Waals surface area (Å²) in [6, 6.07) is 0.918. The van der Waals surface area contributed by atoms with Crippen molar-refractivity contribution in [3.05, 3.63) is 23.5 Å². The lowest BCUT2D eigenvalue weighted by atomic mass is 9.92. The number of nitrogens with two attached hydrogens (primary N) is 1. The number of piperidine rings is 1. The van der Waals surface area contributed by atoms with Crippen molar-refractivity contribution in [2.24, 2.45) is 0 Å². The fraction of sp³-hybridized carbons (Fsp3) is 0.455. The predicted molar refractivity (Wildman–Crippen MR) is 60.1 cm³/mol. The Morgan fingerprint density at radius 2 is 2.06 bits per heavy atom. The normalized spacial score (nSPS) is 16.9. The van der Waals surface area contributed by atoms with Crippen LogP contribution in [0.4, 0.5) is 19.3 Å². The van der Waals surface area contributed by atoms with Crippen LogP contribution in [-0.2, 0) is 0 Å². The van der Waals surface area contributed by atoms with Crippen LogP contribution >= 0.6 is 0 Å². The van der Waals surface area contributed by atoms with Gasteiger partial charge in [-0.2, -0.15) is 4.39 Å². The number of anilines is 1. The topological polar surface area (TPSA) is 79.5 Å². The number of halogens is 2. The van der Waals surface area contributed by atoms with Gasteiger partial charge in [-0.05, 0) is 12.8 Å². The van der Waals surface area contributed by atoms with Crippen LogP contribution < -0.4 is 5.73 Å². The molecule has 18 heavy (non-hydrogen) atoms. The first-order valence-electron chi connectivity index (χ1n) is 5.58. The first-order chi connectivity index (χ1) is 8.49. The number of carbonyl (C=O) groups is 1. The number of likely N-dealkylation sites (tertiary alicyclic amines) is 1. The van der Waals surface area contributed by atoms with Crippen molar-refractivity contribution < 1.29 is 18.7 Å². The summed E-state index contributed by atoms with van der Waals surface area (Å²) in [5.41, 5.74) is 6.05. The molecule has 2 heterocycles. The van der Waals surface area contributed by atoms with Gasteiger partial charge in [-0.15, -0.1) is 0 Å². The number of pyridine rings is 1. The molecule has 0 saturated carbocycles. The molecule has 1 amide bonds. The number of nitrogen functional groups attached to an aromatic ring is 1. The molecule has 1 aliphatic rings. The largest absolute Gasteiger partial charge is 0.465 e. The van der Waals surface area contributed by atoms with Gasteiger partial charge < -0.3 is 15.7 Å². The monoisotopic (exact) mass is 257 g/mol. The summed E-state index contributed by atoms with van der Waals surface area (Å²) in [5, 5.41) is 8.81. The zero-order valence-electron chi connectivity index (χ0n) is 9.57. The van der Waals surface area contributed by atoms with Gasteiger partial charge in [0.1, 0.15) is 0 Å². The molecule has 1 saturated heterocycles. The van der Waals surface area contributed by atoms with Crippen molar-refractivity contribution in [3.8, 4) is 0 Å². The Hall–Kier alpha value is -1.92. The van der Waals surface area contributed by atoms with E-state index in [9.17, 15) is 13.6 Å². The van der Waals surface area contributed by atoms with Gasteiger partial charge in [-0.1, -0.05) is 0 Å². The number of rotatable bonds is 1. The van der Waals surface area contributed by atoms with Crippen LogP contribution in [-0.4, -0.2) is 34.2 Å². The number of nitrogens with zero attached hydrogens (tertiary/aromatic N) is 2. The molecule has 0 spiro atoms. The maximum atomic E-state index is 13.1. The van der Waals surface area contributed by atoms with Gasteiger partial charge in [0.2, 0.25) is 5.95 Å². The van der Waals surface area contributed by atoms with Gasteiger partial charge in [0, 0.05) is 25.1 Å². The fourth-order valence-electron chi connectivity index (χ4n) is 2.16. The van der Waals surface area contributed by atoms with E-state index in [1.165, 1.54) is 4.90 Å². The number of hydrogen-bond donors (Lipinski definition) is 2. The lowest BCUT2D eigenvalue weighted by Gasteiger charge is -2.30. The molecule has 3 N–H and O–H groups in total. The molecule has 98 valence electrons. The molecule has 1 aliphatic heterocycles. The standard InChI is InChI=1S/C11H13F2N3O2/c12-7-5-8(14)9(15-10(7)13)6-1-3-16(4-2-6)11(17)18/h5-6H,1-4,14H2,(H,17,18). The van der Waals surface area contributed by atoms with Crippen LogP contribution in [0.25, 0.3) is 0 Å². The molecule has 5 nitrogen and oxygen atoms in total. The Morgan fingerprint density at radius 1 is 1.44 bits per heavy atom. The summed E-state index contributed by atoms with van der Waals surface area (Å²) in [4.78, 5) is 15.6. The van der Waals surface area contributed by atoms with Crippen molar-refractivity contribution >= 4 is 11.8 Å². The van der Waals surface area contributed by atoms with Gasteiger partial charge in [0.05, 0.1) is 11.4 Å². The molecule has 1 aromatic rings. The Bertz CT molecular complexity index is 474. The van der Waals surface area contributed by atoms with E-state index in [1.54, 1.807) is 0 Å². The third-order valence-corrected chi connectivity index (χ3v) is 3.15. The van der Waals surface area contributed by atoms with Crippen molar-refractivity contribution in [1.29, 1.82) is 0 Å². The second-order valence-corrected chi connectivity index (χ2v) is 4.28. The van der Waals surface area contributed by atoms with Crippen molar-refractivity contribution in [2.75, 3.05) is 18.8 Å². The minimum absolute atomic E-state index is 0.114. The number of carboxylic acid groups (broad SMARTS) is 1. The molecule has 0 radical (unpaired) electrons. The van der Waals surface area contributed by atoms with Crippen LogP contribution in [0.1, 0.15) is 24.5 Å². The summed E-state index contributed by atoms with van der Waals surface area (Å²) in [5.74, 6) is -2.37. The zero-order chi connectivity index (χ0) is 13.3. The fourth-order valence-corrected chi connectivity index (χ4v) is 2.16. The van der Waals surface area contributed by atoms with Crippen molar-refractivity contribution in [3.63, 3.8) is 0 Å². The highest BCUT2D eigenvalue weighted by molar-refractivity contribution is 5.65. The van der Waals surface area contributed by atoms with Crippen molar-refractivity contribution in [1.82, 2.24) is 9.88 Å². The molecule has 0 atom stereocenters. The number of aromatic nitrogens is 1. The zero-order valence-corrected chi connectivity index (χ0v) is 9.57. The Kier molecular flexibility index (Phi) is 3.31. The van der Waals surface area contributed by atoms with E-state index in [4.69, 9.17) is 10.8 Å². The smallest absolute Gasteiger partial charge is 0.407 e. The SMILES string of the molecule is Nc1cc(F)c(F)nc1C1CCN(C(=O)O)CC1. The Morgan fingerprint density at radius 3 is 2.61 bits per heavy atom. The summed E-state index contributed by atoms with van der Waals surface area (Å²) in [6.07, 6.45) is 0.0445. The van der Waals surface area contributed by atoms with Crippen LogP contribution in [0.15, 0.2) is 6.07 Å². The third-order valence-electron chi connectivity index (χ3n) is 3.15. The quantitative estimate of drug-likeness (QED) is 0.752. The number of hydrogen-bond acceptors (Lipinski definition) is 3. The average molecular weight is 257 g/mol. The van der Waals surface area contributed by atoms with E-state index in [0.717, 1.165) is 6.07 Å². The lowest BCUT2D eigenvalue weighted by molar-refractivity contribution is 0.131. The minimum Gasteiger partial charge on any atom is -0.465 e. The van der Waals surface area contributed by atoms with E-state index in [0.29, 0.717) is 31.6 Å². The van der Waals surface area contributed by atoms with E-state index in [2.05, 4.69) is 4.98 Å². The summed E-state index contributed by atoms with van der Waals surface area (Å²) in [6.45, 7) is 0.695. The molecular weight excluding hydrogens is 244 g/mol. The number of amides is 1. The first-order valence-corrected chi connectivity index (χ1v) is 5.58. The highest BCUT2D eigenvalue weighted by Crippen LogP contribution is 2.30. The molecule has 0 aliphatic carbocycles. The Labute approximate surface area is 102 Å². The molecule has 7 heteroatoms. The van der Waals surface area contributed by atoms with Crippen LogP contribution in [0.2, 0.25) is 0 Å². The third kappa shape index (κ3) is 2.34. The van der Waals surface area contributed by atoms with Crippen molar-refractivity contribution in [2.45, 2.75) is 18.8 Å². The molecular formula is C11H13F2N3O2. The van der Waals surface area contributed by atoms with Crippen LogP contribution in [0, 0.1) is 11.8 Å². The maximum Gasteiger partial charge on any atom is 0.407 e. The van der Waals surface area contributed by atoms with E-state index in [-0.39, 0.29) is 11.6 Å². The molecule has 0 bridgehead atoms. The summed E-state index contributed by atoms with van der Waals surface area (Å²) >= 11 is 0. The average Bonchev–Trinajstić information content (AvgIpc) is 2.34. The van der Waals surface area contributed by atoms with Gasteiger partial charge >= 0.3 is 6.09 Å². The van der Waals surface area contributed by atoms with Crippen LogP contribution in [0.3, 0.4) is 0 Å². The van der Waals surface area contributed by atoms with E-state index >= 15 is 0 Å². The second kappa shape index (κ2) is 4.75. The second-order valence-electron chi connectivity index (χ2n) is 4.28. The molecule has 1 fully saturated rings. The van der Waals surface area contributed by atoms with E-state index < -0.39 is 17.9 Å². The molecule has 0 aromatic carbocycles.